The molecule has 0 radical (unpaired) electrons. The number of benzene rings is 2. The number of aryl methyl sites for hydroxylation is 4. The highest BCUT2D eigenvalue weighted by atomic mass is 32.2. The number of rotatable bonds is 5. The average Bonchev–Trinajstić information content (AvgIpc) is 2.58. The molecular weight excluding hydrogens is 380 g/mol. The Bertz CT molecular complexity index is 1040. The van der Waals surface area contributed by atoms with Crippen molar-refractivity contribution in [3.8, 4) is 5.75 Å². The molecule has 2 amide bonds. The van der Waals surface area contributed by atoms with Crippen molar-refractivity contribution in [3.05, 3.63) is 52.6 Å². The Morgan fingerprint density at radius 1 is 1.11 bits per heavy atom. The van der Waals surface area contributed by atoms with Crippen molar-refractivity contribution in [1.82, 2.24) is 4.72 Å². The van der Waals surface area contributed by atoms with Gasteiger partial charge in [0.25, 0.3) is 15.9 Å². The fourth-order valence-corrected chi connectivity index (χ4v) is 4.85. The highest BCUT2D eigenvalue weighted by Crippen LogP contribution is 2.27. The number of hydrogen-bond donors (Lipinski definition) is 2. The summed E-state index contributed by atoms with van der Waals surface area (Å²) >= 11 is 0. The van der Waals surface area contributed by atoms with Crippen molar-refractivity contribution >= 4 is 27.5 Å². The standard InChI is InChI=1S/C20H22N2O5S/c1-12-8-13(2)20(14(3)9-12)28(25,26)22-19(24)11-27-16-5-6-17-15(10-16)4-7-18(23)21-17/h5-6,8-10H,4,7,11H2,1-3H3,(H,21,23)(H,22,24). The number of ether oxygens (including phenoxy) is 1. The lowest BCUT2D eigenvalue weighted by molar-refractivity contribution is -0.121. The van der Waals surface area contributed by atoms with Crippen LogP contribution >= 0.6 is 0 Å². The molecule has 0 spiro atoms. The van der Waals surface area contributed by atoms with Crippen LogP contribution in [-0.2, 0) is 26.0 Å². The number of fused-ring (bicyclic) bond motifs is 1. The van der Waals surface area contributed by atoms with Crippen LogP contribution in [0.4, 0.5) is 5.69 Å². The summed E-state index contributed by atoms with van der Waals surface area (Å²) < 4.78 is 32.7. The predicted molar refractivity (Wildman–Crippen MR) is 105 cm³/mol. The molecule has 7 nitrogen and oxygen atoms in total. The highest BCUT2D eigenvalue weighted by Gasteiger charge is 2.23. The van der Waals surface area contributed by atoms with Gasteiger partial charge in [0.2, 0.25) is 5.91 Å². The summed E-state index contributed by atoms with van der Waals surface area (Å²) in [5, 5.41) is 2.76. The van der Waals surface area contributed by atoms with Crippen LogP contribution in [-0.4, -0.2) is 26.8 Å². The third-order valence-corrected chi connectivity index (χ3v) is 6.14. The Morgan fingerprint density at radius 3 is 2.46 bits per heavy atom. The molecule has 1 aliphatic heterocycles. The largest absolute Gasteiger partial charge is 0.484 e. The van der Waals surface area contributed by atoms with Crippen molar-refractivity contribution in [2.45, 2.75) is 38.5 Å². The summed E-state index contributed by atoms with van der Waals surface area (Å²) in [6, 6.07) is 8.59. The summed E-state index contributed by atoms with van der Waals surface area (Å²) in [5.41, 5.74) is 3.75. The van der Waals surface area contributed by atoms with Crippen molar-refractivity contribution in [3.63, 3.8) is 0 Å². The summed E-state index contributed by atoms with van der Waals surface area (Å²) in [4.78, 5) is 23.7. The van der Waals surface area contributed by atoms with Crippen LogP contribution in [0.2, 0.25) is 0 Å². The van der Waals surface area contributed by atoms with Gasteiger partial charge in [-0.2, -0.15) is 0 Å². The summed E-state index contributed by atoms with van der Waals surface area (Å²) in [7, 11) is -3.99. The zero-order valence-corrected chi connectivity index (χ0v) is 16.8. The van der Waals surface area contributed by atoms with E-state index in [1.54, 1.807) is 44.2 Å². The van der Waals surface area contributed by atoms with Crippen molar-refractivity contribution in [1.29, 1.82) is 0 Å². The normalized spacial score (nSPS) is 13.5. The first-order chi connectivity index (χ1) is 13.2. The molecular formula is C20H22N2O5S. The van der Waals surface area contributed by atoms with Gasteiger partial charge in [0, 0.05) is 12.1 Å². The fraction of sp³-hybridized carbons (Fsp3) is 0.300. The molecule has 28 heavy (non-hydrogen) atoms. The van der Waals surface area contributed by atoms with E-state index in [0.717, 1.165) is 16.8 Å². The number of sulfonamides is 1. The van der Waals surface area contributed by atoms with Gasteiger partial charge in [0.05, 0.1) is 4.90 Å². The number of hydrogen-bond acceptors (Lipinski definition) is 5. The van der Waals surface area contributed by atoms with Gasteiger partial charge in [-0.25, -0.2) is 13.1 Å². The molecule has 2 aromatic rings. The molecule has 2 N–H and O–H groups in total. The lowest BCUT2D eigenvalue weighted by Gasteiger charge is -2.17. The number of amides is 2. The average molecular weight is 402 g/mol. The molecule has 0 aromatic heterocycles. The minimum atomic E-state index is -3.99. The smallest absolute Gasteiger partial charge is 0.271 e. The van der Waals surface area contributed by atoms with E-state index in [1.807, 2.05) is 6.92 Å². The van der Waals surface area contributed by atoms with E-state index in [2.05, 4.69) is 10.0 Å². The van der Waals surface area contributed by atoms with E-state index >= 15 is 0 Å². The number of nitrogens with one attached hydrogen (secondary N) is 2. The number of carbonyl (C=O) groups excluding carboxylic acids is 2. The van der Waals surface area contributed by atoms with Crippen LogP contribution in [0, 0.1) is 20.8 Å². The lowest BCUT2D eigenvalue weighted by Crippen LogP contribution is -2.35. The van der Waals surface area contributed by atoms with E-state index < -0.39 is 22.5 Å². The van der Waals surface area contributed by atoms with Crippen molar-refractivity contribution in [2.24, 2.45) is 0 Å². The first-order valence-corrected chi connectivity index (χ1v) is 10.3. The molecule has 148 valence electrons. The third-order valence-electron chi connectivity index (χ3n) is 4.46. The fourth-order valence-electron chi connectivity index (χ4n) is 3.42. The van der Waals surface area contributed by atoms with E-state index in [9.17, 15) is 18.0 Å². The Balaban J connectivity index is 1.67. The Kier molecular flexibility index (Phi) is 5.42. The molecule has 2 aromatic carbocycles. The van der Waals surface area contributed by atoms with Gasteiger partial charge in [-0.15, -0.1) is 0 Å². The van der Waals surface area contributed by atoms with Gasteiger partial charge >= 0.3 is 0 Å². The van der Waals surface area contributed by atoms with Gasteiger partial charge in [-0.05, 0) is 62.1 Å². The van der Waals surface area contributed by atoms with Crippen LogP contribution in [0.3, 0.4) is 0 Å². The topological polar surface area (TPSA) is 102 Å². The Hall–Kier alpha value is -2.87. The molecule has 0 fully saturated rings. The maximum Gasteiger partial charge on any atom is 0.271 e. The second kappa shape index (κ2) is 7.63. The van der Waals surface area contributed by atoms with Crippen LogP contribution in [0.1, 0.15) is 28.7 Å². The van der Waals surface area contributed by atoms with Crippen molar-refractivity contribution < 1.29 is 22.7 Å². The zero-order valence-electron chi connectivity index (χ0n) is 16.0. The van der Waals surface area contributed by atoms with E-state index in [-0.39, 0.29) is 10.8 Å². The minimum absolute atomic E-state index is 0.0348. The number of anilines is 1. The Morgan fingerprint density at radius 2 is 1.79 bits per heavy atom. The van der Waals surface area contributed by atoms with Gasteiger partial charge in [-0.1, -0.05) is 17.7 Å². The molecule has 1 heterocycles. The van der Waals surface area contributed by atoms with Crippen LogP contribution in [0.5, 0.6) is 5.75 Å². The molecule has 0 atom stereocenters. The first-order valence-electron chi connectivity index (χ1n) is 8.85. The molecule has 0 aliphatic carbocycles. The maximum atomic E-state index is 12.6. The molecule has 0 saturated carbocycles. The van der Waals surface area contributed by atoms with E-state index in [1.165, 1.54) is 0 Å². The van der Waals surface area contributed by atoms with Crippen molar-refractivity contribution in [2.75, 3.05) is 11.9 Å². The second-order valence-electron chi connectivity index (χ2n) is 6.91. The van der Waals surface area contributed by atoms with Gasteiger partial charge in [0.1, 0.15) is 5.75 Å². The van der Waals surface area contributed by atoms with Crippen LogP contribution in [0.25, 0.3) is 0 Å². The lowest BCUT2D eigenvalue weighted by atomic mass is 10.0. The highest BCUT2D eigenvalue weighted by molar-refractivity contribution is 7.90. The summed E-state index contributed by atoms with van der Waals surface area (Å²) in [5.74, 6) is -0.358. The SMILES string of the molecule is Cc1cc(C)c(S(=O)(=O)NC(=O)COc2ccc3c(c2)CCC(=O)N3)c(C)c1. The minimum Gasteiger partial charge on any atom is -0.484 e. The molecule has 1 aliphatic rings. The molecule has 0 bridgehead atoms. The van der Waals surface area contributed by atoms with Gasteiger partial charge in [-0.3, -0.25) is 9.59 Å². The summed E-state index contributed by atoms with van der Waals surface area (Å²) in [6.07, 6.45) is 0.982. The second-order valence-corrected chi connectivity index (χ2v) is 8.53. The van der Waals surface area contributed by atoms with E-state index in [0.29, 0.717) is 29.7 Å². The molecule has 0 saturated heterocycles. The first kappa shape index (κ1) is 19.9. The predicted octanol–water partition coefficient (Wildman–Crippen LogP) is 2.38. The summed E-state index contributed by atoms with van der Waals surface area (Å²) in [6.45, 7) is 4.84. The van der Waals surface area contributed by atoms with Crippen LogP contribution in [0.15, 0.2) is 35.2 Å². The molecule has 3 rings (SSSR count). The molecule has 8 heteroatoms. The maximum absolute atomic E-state index is 12.6. The van der Waals surface area contributed by atoms with Gasteiger partial charge < -0.3 is 10.1 Å². The van der Waals surface area contributed by atoms with Gasteiger partial charge in [0.15, 0.2) is 6.61 Å². The Labute approximate surface area is 164 Å². The van der Waals surface area contributed by atoms with E-state index in [4.69, 9.17) is 4.74 Å². The molecule has 0 unspecified atom stereocenters. The van der Waals surface area contributed by atoms with Crippen LogP contribution < -0.4 is 14.8 Å². The quantitative estimate of drug-likeness (QED) is 0.800. The zero-order chi connectivity index (χ0) is 20.5. The monoisotopic (exact) mass is 402 g/mol. The number of carbonyl (C=O) groups is 2. The third kappa shape index (κ3) is 4.33.